The summed E-state index contributed by atoms with van der Waals surface area (Å²) >= 11 is 1.34. The molecule has 0 aliphatic heterocycles. The Hall–Kier alpha value is -2.74. The average Bonchev–Trinajstić information content (AvgIpc) is 3.35. The zero-order valence-corrected chi connectivity index (χ0v) is 20.4. The van der Waals surface area contributed by atoms with Crippen LogP contribution in [0.25, 0.3) is 0 Å². The second kappa shape index (κ2) is 10.7. The number of ether oxygens (including phenoxy) is 1. The highest BCUT2D eigenvalue weighted by molar-refractivity contribution is 7.09. The zero-order valence-electron chi connectivity index (χ0n) is 19.6. The van der Waals surface area contributed by atoms with Crippen molar-refractivity contribution in [3.8, 4) is 0 Å². The normalized spacial score (nSPS) is 20.5. The molecular formula is C26H32N2O5S. The first-order valence-corrected chi connectivity index (χ1v) is 12.9. The minimum absolute atomic E-state index is 0.0619. The summed E-state index contributed by atoms with van der Waals surface area (Å²) in [6, 6.07) is 0. The van der Waals surface area contributed by atoms with E-state index in [0.717, 1.165) is 49.1 Å². The van der Waals surface area contributed by atoms with Crippen LogP contribution < -0.4 is 0 Å². The van der Waals surface area contributed by atoms with Crippen LogP contribution >= 0.6 is 11.3 Å². The average molecular weight is 485 g/mol. The van der Waals surface area contributed by atoms with Crippen molar-refractivity contribution in [2.75, 3.05) is 6.61 Å². The van der Waals surface area contributed by atoms with Crippen LogP contribution in [-0.2, 0) is 16.0 Å². The summed E-state index contributed by atoms with van der Waals surface area (Å²) in [6.07, 6.45) is 9.54. The summed E-state index contributed by atoms with van der Waals surface area (Å²) in [5, 5.41) is 16.4. The molecule has 182 valence electrons. The number of aliphatic carboxylic acids is 1. The van der Waals surface area contributed by atoms with Gasteiger partial charge in [0.05, 0.1) is 23.7 Å². The van der Waals surface area contributed by atoms with E-state index in [1.54, 1.807) is 12.3 Å². The van der Waals surface area contributed by atoms with Crippen molar-refractivity contribution in [1.82, 2.24) is 10.1 Å². The minimum atomic E-state index is -0.887. The van der Waals surface area contributed by atoms with E-state index in [9.17, 15) is 14.7 Å². The van der Waals surface area contributed by atoms with Crippen LogP contribution in [0.1, 0.15) is 95.7 Å². The quantitative estimate of drug-likeness (QED) is 0.281. The fourth-order valence-corrected chi connectivity index (χ4v) is 5.75. The van der Waals surface area contributed by atoms with Crippen LogP contribution in [0.15, 0.2) is 35.2 Å². The monoisotopic (exact) mass is 484 g/mol. The van der Waals surface area contributed by atoms with Crippen LogP contribution in [0.5, 0.6) is 0 Å². The molecule has 34 heavy (non-hydrogen) atoms. The second-order valence-electron chi connectivity index (χ2n) is 9.37. The molecule has 2 saturated carbocycles. The van der Waals surface area contributed by atoms with E-state index in [2.05, 4.69) is 23.3 Å². The molecule has 7 nitrogen and oxygen atoms in total. The summed E-state index contributed by atoms with van der Waals surface area (Å²) in [5.41, 5.74) is 2.14. The lowest BCUT2D eigenvalue weighted by Gasteiger charge is -2.35. The summed E-state index contributed by atoms with van der Waals surface area (Å²) in [5.74, 6) is 0.914. The van der Waals surface area contributed by atoms with Crippen molar-refractivity contribution in [2.45, 2.75) is 69.6 Å². The van der Waals surface area contributed by atoms with E-state index >= 15 is 0 Å². The molecule has 2 fully saturated rings. The SMILES string of the molecule is C=CC(C=C)CC1CC(c2onc(C(CC(=O)O)Cc3nc(C(=O)OCC)cs3)c2C2CC2)C1. The highest BCUT2D eigenvalue weighted by Gasteiger charge is 2.42. The predicted molar refractivity (Wildman–Crippen MR) is 129 cm³/mol. The molecule has 2 heterocycles. The second-order valence-corrected chi connectivity index (χ2v) is 10.3. The summed E-state index contributed by atoms with van der Waals surface area (Å²) in [7, 11) is 0. The molecule has 1 N–H and O–H groups in total. The lowest BCUT2D eigenvalue weighted by molar-refractivity contribution is -0.137. The standard InChI is InChI=1S/C26H32N2O5S/c1-4-15(5-2)9-16-10-19(11-16)25-23(17-7-8-17)24(28-33-25)18(13-22(29)30)12-21-27-20(14-34-21)26(31)32-6-3/h4-5,14-19H,1-2,6-13H2,3H3,(H,29,30). The van der Waals surface area contributed by atoms with Crippen molar-refractivity contribution in [2.24, 2.45) is 11.8 Å². The number of nitrogens with zero attached hydrogens (tertiary/aromatic N) is 2. The third kappa shape index (κ3) is 5.49. The number of carbonyl (C=O) groups excluding carboxylic acids is 1. The van der Waals surface area contributed by atoms with Crippen LogP contribution in [0.3, 0.4) is 0 Å². The number of thiazole rings is 1. The van der Waals surface area contributed by atoms with E-state index < -0.39 is 11.9 Å². The van der Waals surface area contributed by atoms with Gasteiger partial charge in [0.2, 0.25) is 0 Å². The lowest BCUT2D eigenvalue weighted by Crippen LogP contribution is -2.24. The van der Waals surface area contributed by atoms with Gasteiger partial charge in [-0.25, -0.2) is 9.78 Å². The molecule has 2 aromatic heterocycles. The zero-order chi connectivity index (χ0) is 24.2. The number of carboxylic acid groups (broad SMARTS) is 1. The van der Waals surface area contributed by atoms with E-state index in [4.69, 9.17) is 9.26 Å². The van der Waals surface area contributed by atoms with Crippen LogP contribution in [0.4, 0.5) is 0 Å². The molecule has 0 amide bonds. The molecule has 2 aliphatic rings. The number of carboxylic acids is 1. The molecular weight excluding hydrogens is 452 g/mol. The molecule has 2 aromatic rings. The molecule has 0 radical (unpaired) electrons. The number of rotatable bonds is 13. The molecule has 0 saturated heterocycles. The number of carbonyl (C=O) groups is 2. The Kier molecular flexibility index (Phi) is 7.66. The van der Waals surface area contributed by atoms with E-state index in [0.29, 0.717) is 35.1 Å². The smallest absolute Gasteiger partial charge is 0.357 e. The third-order valence-electron chi connectivity index (χ3n) is 6.85. The summed E-state index contributed by atoms with van der Waals surface area (Å²) in [4.78, 5) is 28.1. The van der Waals surface area contributed by atoms with Crippen molar-refractivity contribution in [3.05, 3.63) is 58.4 Å². The summed E-state index contributed by atoms with van der Waals surface area (Å²) < 4.78 is 10.9. The van der Waals surface area contributed by atoms with Gasteiger partial charge in [-0.1, -0.05) is 17.3 Å². The maximum atomic E-state index is 12.0. The first-order chi connectivity index (χ1) is 16.4. The molecule has 4 rings (SSSR count). The fraction of sp³-hybridized carbons (Fsp3) is 0.538. The van der Waals surface area contributed by atoms with Crippen molar-refractivity contribution >= 4 is 23.3 Å². The number of hydrogen-bond acceptors (Lipinski definition) is 7. The lowest BCUT2D eigenvalue weighted by atomic mass is 9.69. The van der Waals surface area contributed by atoms with Gasteiger partial charge in [-0.3, -0.25) is 4.79 Å². The molecule has 0 bridgehead atoms. The Labute approximate surface area is 203 Å². The van der Waals surface area contributed by atoms with E-state index in [-0.39, 0.29) is 24.6 Å². The fourth-order valence-electron chi connectivity index (χ4n) is 4.90. The van der Waals surface area contributed by atoms with E-state index in [1.165, 1.54) is 11.3 Å². The largest absolute Gasteiger partial charge is 0.481 e. The van der Waals surface area contributed by atoms with Gasteiger partial charge < -0.3 is 14.4 Å². The van der Waals surface area contributed by atoms with Crippen molar-refractivity contribution < 1.29 is 24.0 Å². The van der Waals surface area contributed by atoms with Gasteiger partial charge in [-0.2, -0.15) is 0 Å². The van der Waals surface area contributed by atoms with Crippen LogP contribution in [-0.4, -0.2) is 33.8 Å². The predicted octanol–water partition coefficient (Wildman–Crippen LogP) is 5.86. The first kappa shape index (κ1) is 24.4. The molecule has 0 aromatic carbocycles. The van der Waals surface area contributed by atoms with Crippen molar-refractivity contribution in [3.63, 3.8) is 0 Å². The van der Waals surface area contributed by atoms with Crippen LogP contribution in [0.2, 0.25) is 0 Å². The van der Waals surface area contributed by atoms with Crippen molar-refractivity contribution in [1.29, 1.82) is 0 Å². The van der Waals surface area contributed by atoms with Gasteiger partial charge in [0.25, 0.3) is 0 Å². The molecule has 2 aliphatic carbocycles. The van der Waals surface area contributed by atoms with Gasteiger partial charge in [-0.15, -0.1) is 24.5 Å². The molecule has 8 heteroatoms. The van der Waals surface area contributed by atoms with Gasteiger partial charge in [0.1, 0.15) is 5.76 Å². The maximum Gasteiger partial charge on any atom is 0.357 e. The third-order valence-corrected chi connectivity index (χ3v) is 7.72. The molecule has 1 unspecified atom stereocenters. The first-order valence-electron chi connectivity index (χ1n) is 12.0. The van der Waals surface area contributed by atoms with Gasteiger partial charge >= 0.3 is 11.9 Å². The Bertz CT molecular complexity index is 1040. The highest BCUT2D eigenvalue weighted by atomic mass is 32.1. The maximum absolute atomic E-state index is 12.0. The van der Waals surface area contributed by atoms with Gasteiger partial charge in [0, 0.05) is 29.2 Å². The minimum Gasteiger partial charge on any atom is -0.481 e. The number of aromatic nitrogens is 2. The van der Waals surface area contributed by atoms with Gasteiger partial charge in [0.15, 0.2) is 5.69 Å². The van der Waals surface area contributed by atoms with Crippen LogP contribution in [0, 0.1) is 11.8 Å². The highest BCUT2D eigenvalue weighted by Crippen LogP contribution is 2.52. The van der Waals surface area contributed by atoms with E-state index in [1.807, 2.05) is 12.2 Å². The molecule has 1 atom stereocenters. The Balaban J connectivity index is 1.52. The number of esters is 1. The number of hydrogen-bond donors (Lipinski definition) is 1. The molecule has 0 spiro atoms. The number of allylic oxidation sites excluding steroid dienone is 2. The summed E-state index contributed by atoms with van der Waals surface area (Å²) in [6.45, 7) is 9.81. The Morgan fingerprint density at radius 1 is 1.29 bits per heavy atom. The topological polar surface area (TPSA) is 103 Å². The van der Waals surface area contributed by atoms with Gasteiger partial charge in [-0.05, 0) is 56.8 Å². The Morgan fingerprint density at radius 3 is 2.65 bits per heavy atom. The Morgan fingerprint density at radius 2 is 2.03 bits per heavy atom.